The number of nitrogens with one attached hydrogen (secondary N) is 1. The van der Waals surface area contributed by atoms with Crippen molar-refractivity contribution in [3.8, 4) is 0 Å². The minimum atomic E-state index is 0.708. The second-order valence-corrected chi connectivity index (χ2v) is 4.24. The van der Waals surface area contributed by atoms with E-state index in [1.807, 2.05) is 7.05 Å². The minimum Gasteiger partial charge on any atom is -0.319 e. The number of hydrogen-bond donors (Lipinski definition) is 1. The van der Waals surface area contributed by atoms with Gasteiger partial charge in [-0.15, -0.1) is 0 Å². The Labute approximate surface area is 87.5 Å². The van der Waals surface area contributed by atoms with E-state index in [2.05, 4.69) is 44.3 Å². The predicted molar refractivity (Wildman–Crippen MR) is 62.7 cm³/mol. The smallest absolute Gasteiger partial charge is 0.00230 e. The van der Waals surface area contributed by atoms with Gasteiger partial charge in [0.05, 0.1) is 0 Å². The number of hydrogen-bond acceptors (Lipinski definition) is 1. The van der Waals surface area contributed by atoms with E-state index in [4.69, 9.17) is 0 Å². The van der Waals surface area contributed by atoms with E-state index in [0.717, 1.165) is 6.54 Å². The predicted octanol–water partition coefficient (Wildman–Crippen LogP) is 2.70. The fourth-order valence-corrected chi connectivity index (χ4v) is 1.94. The molecule has 78 valence electrons. The van der Waals surface area contributed by atoms with Crippen LogP contribution in [0.25, 0.3) is 0 Å². The topological polar surface area (TPSA) is 12.0 Å². The van der Waals surface area contributed by atoms with E-state index in [1.165, 1.54) is 23.1 Å². The summed E-state index contributed by atoms with van der Waals surface area (Å²) in [5.41, 5.74) is 4.37. The number of rotatable bonds is 4. The van der Waals surface area contributed by atoms with E-state index in [-0.39, 0.29) is 0 Å². The molecule has 0 radical (unpaired) electrons. The van der Waals surface area contributed by atoms with Gasteiger partial charge >= 0.3 is 0 Å². The van der Waals surface area contributed by atoms with Crippen molar-refractivity contribution in [1.29, 1.82) is 0 Å². The van der Waals surface area contributed by atoms with Gasteiger partial charge in [-0.2, -0.15) is 0 Å². The Kier molecular flexibility index (Phi) is 4.15. The van der Waals surface area contributed by atoms with Gasteiger partial charge in [0.15, 0.2) is 0 Å². The normalized spacial score (nSPS) is 12.9. The van der Waals surface area contributed by atoms with Crippen LogP contribution >= 0.6 is 0 Å². The summed E-state index contributed by atoms with van der Waals surface area (Å²) in [5, 5.41) is 3.23. The van der Waals surface area contributed by atoms with Gasteiger partial charge in [-0.3, -0.25) is 0 Å². The van der Waals surface area contributed by atoms with E-state index >= 15 is 0 Å². The second kappa shape index (κ2) is 5.16. The summed E-state index contributed by atoms with van der Waals surface area (Å²) in [6.07, 6.45) is 1.18. The van der Waals surface area contributed by atoms with Gasteiger partial charge in [0.1, 0.15) is 0 Å². The molecule has 1 unspecified atom stereocenters. The molecule has 0 fully saturated rings. The summed E-state index contributed by atoms with van der Waals surface area (Å²) in [6, 6.07) is 6.54. The molecule has 1 aromatic rings. The van der Waals surface area contributed by atoms with Crippen LogP contribution < -0.4 is 5.32 Å². The third-order valence-electron chi connectivity index (χ3n) is 2.75. The minimum absolute atomic E-state index is 0.708. The molecule has 1 nitrogen and oxygen atoms in total. The highest BCUT2D eigenvalue weighted by Gasteiger charge is 2.06. The summed E-state index contributed by atoms with van der Waals surface area (Å²) in [4.78, 5) is 0. The van der Waals surface area contributed by atoms with Gasteiger partial charge in [0.25, 0.3) is 0 Å². The Hall–Kier alpha value is -0.820. The molecular formula is C13H21N. The molecule has 1 atom stereocenters. The molecule has 0 amide bonds. The molecule has 0 aliphatic heterocycles. The summed E-state index contributed by atoms with van der Waals surface area (Å²) >= 11 is 0. The summed E-state index contributed by atoms with van der Waals surface area (Å²) in [7, 11) is 2.02. The van der Waals surface area contributed by atoms with E-state index < -0.39 is 0 Å². The highest BCUT2D eigenvalue weighted by atomic mass is 14.8. The van der Waals surface area contributed by atoms with Gasteiger partial charge < -0.3 is 5.32 Å². The largest absolute Gasteiger partial charge is 0.319 e. The maximum Gasteiger partial charge on any atom is -0.00230 e. The maximum atomic E-state index is 3.23. The van der Waals surface area contributed by atoms with Crippen molar-refractivity contribution < 1.29 is 0 Å². The fraction of sp³-hybridized carbons (Fsp3) is 0.538. The monoisotopic (exact) mass is 191 g/mol. The Balaban J connectivity index is 2.75. The van der Waals surface area contributed by atoms with Crippen molar-refractivity contribution in [1.82, 2.24) is 5.32 Å². The maximum absolute atomic E-state index is 3.23. The average Bonchev–Trinajstić information content (AvgIpc) is 2.12. The molecule has 0 aliphatic rings. The molecule has 0 heterocycles. The molecule has 0 saturated carbocycles. The van der Waals surface area contributed by atoms with Gasteiger partial charge in [0, 0.05) is 0 Å². The first-order chi connectivity index (χ1) is 6.65. The SMILES string of the molecule is CNCC(C)Cc1c(C)cccc1C. The fourth-order valence-electron chi connectivity index (χ4n) is 1.94. The quantitative estimate of drug-likeness (QED) is 0.771. The molecule has 1 rings (SSSR count). The van der Waals surface area contributed by atoms with Crippen LogP contribution in [0.3, 0.4) is 0 Å². The van der Waals surface area contributed by atoms with Gasteiger partial charge in [-0.25, -0.2) is 0 Å². The lowest BCUT2D eigenvalue weighted by molar-refractivity contribution is 0.539. The molecule has 1 heteroatoms. The molecule has 0 saturated heterocycles. The Bertz CT molecular complexity index is 271. The van der Waals surface area contributed by atoms with E-state index in [9.17, 15) is 0 Å². The molecule has 14 heavy (non-hydrogen) atoms. The molecule has 1 aromatic carbocycles. The standard InChI is InChI=1S/C13H21N/c1-10(9-14-4)8-13-11(2)6-5-7-12(13)3/h5-7,10,14H,8-9H2,1-4H3. The second-order valence-electron chi connectivity index (χ2n) is 4.24. The van der Waals surface area contributed by atoms with Crippen LogP contribution in [-0.2, 0) is 6.42 Å². The van der Waals surface area contributed by atoms with Crippen LogP contribution in [0.1, 0.15) is 23.6 Å². The van der Waals surface area contributed by atoms with Gasteiger partial charge in [-0.1, -0.05) is 25.1 Å². The molecule has 0 aliphatic carbocycles. The third-order valence-corrected chi connectivity index (χ3v) is 2.75. The first kappa shape index (κ1) is 11.3. The van der Waals surface area contributed by atoms with Crippen molar-refractivity contribution in [3.63, 3.8) is 0 Å². The zero-order valence-corrected chi connectivity index (χ0v) is 9.72. The van der Waals surface area contributed by atoms with Crippen molar-refractivity contribution in [2.75, 3.05) is 13.6 Å². The highest BCUT2D eigenvalue weighted by molar-refractivity contribution is 5.33. The first-order valence-corrected chi connectivity index (χ1v) is 5.34. The van der Waals surface area contributed by atoms with Crippen LogP contribution in [0.4, 0.5) is 0 Å². The first-order valence-electron chi connectivity index (χ1n) is 5.34. The van der Waals surface area contributed by atoms with Crippen LogP contribution in [-0.4, -0.2) is 13.6 Å². The van der Waals surface area contributed by atoms with E-state index in [1.54, 1.807) is 0 Å². The van der Waals surface area contributed by atoms with Crippen LogP contribution in [0.5, 0.6) is 0 Å². The molecule has 0 aromatic heterocycles. The van der Waals surface area contributed by atoms with E-state index in [0.29, 0.717) is 5.92 Å². The van der Waals surface area contributed by atoms with Crippen molar-refractivity contribution >= 4 is 0 Å². The van der Waals surface area contributed by atoms with Gasteiger partial charge in [0.2, 0.25) is 0 Å². The third kappa shape index (κ3) is 2.85. The summed E-state index contributed by atoms with van der Waals surface area (Å²) in [6.45, 7) is 7.79. The Morgan fingerprint density at radius 3 is 2.29 bits per heavy atom. The molecular weight excluding hydrogens is 170 g/mol. The van der Waals surface area contributed by atoms with Crippen LogP contribution in [0, 0.1) is 19.8 Å². The van der Waals surface area contributed by atoms with Crippen LogP contribution in [0.2, 0.25) is 0 Å². The zero-order valence-electron chi connectivity index (χ0n) is 9.72. The Morgan fingerprint density at radius 2 is 1.79 bits per heavy atom. The van der Waals surface area contributed by atoms with Crippen LogP contribution in [0.15, 0.2) is 18.2 Å². The Morgan fingerprint density at radius 1 is 1.21 bits per heavy atom. The zero-order chi connectivity index (χ0) is 10.6. The highest BCUT2D eigenvalue weighted by Crippen LogP contribution is 2.17. The number of aryl methyl sites for hydroxylation is 2. The molecule has 1 N–H and O–H groups in total. The lowest BCUT2D eigenvalue weighted by Gasteiger charge is -2.14. The van der Waals surface area contributed by atoms with Gasteiger partial charge in [-0.05, 0) is 56.5 Å². The van der Waals surface area contributed by atoms with Crippen molar-refractivity contribution in [2.45, 2.75) is 27.2 Å². The van der Waals surface area contributed by atoms with Crippen molar-refractivity contribution in [3.05, 3.63) is 34.9 Å². The average molecular weight is 191 g/mol. The molecule has 0 bridgehead atoms. The summed E-state index contributed by atoms with van der Waals surface area (Å²) in [5.74, 6) is 0.708. The number of benzene rings is 1. The summed E-state index contributed by atoms with van der Waals surface area (Å²) < 4.78 is 0. The molecule has 0 spiro atoms. The van der Waals surface area contributed by atoms with Crippen molar-refractivity contribution in [2.24, 2.45) is 5.92 Å². The lowest BCUT2D eigenvalue weighted by Crippen LogP contribution is -2.18. The lowest BCUT2D eigenvalue weighted by atomic mass is 9.94.